The molecule has 0 N–H and O–H groups in total. The Balaban J connectivity index is 1.19. The van der Waals surface area contributed by atoms with Crippen molar-refractivity contribution in [2.75, 3.05) is 9.71 Å². The number of fused-ring (bicyclic) bond motifs is 15. The fourth-order valence-corrected chi connectivity index (χ4v) is 16.6. The molecule has 3 heteroatoms. The summed E-state index contributed by atoms with van der Waals surface area (Å²) >= 11 is 0. The first-order valence-electron chi connectivity index (χ1n) is 28.8. The van der Waals surface area contributed by atoms with Crippen LogP contribution in [0.15, 0.2) is 115 Å². The van der Waals surface area contributed by atoms with Crippen molar-refractivity contribution in [3.05, 3.63) is 171 Å². The van der Waals surface area contributed by atoms with Gasteiger partial charge in [-0.2, -0.15) is 0 Å². The molecule has 75 heavy (non-hydrogen) atoms. The monoisotopic (exact) mass is 983 g/mol. The van der Waals surface area contributed by atoms with Gasteiger partial charge in [-0.15, -0.1) is 0 Å². The average Bonchev–Trinajstić information content (AvgIpc) is 3.84. The molecule has 0 fully saturated rings. The van der Waals surface area contributed by atoms with Gasteiger partial charge in [-0.1, -0.05) is 190 Å². The van der Waals surface area contributed by atoms with Gasteiger partial charge in [-0.3, -0.25) is 0 Å². The molecule has 2 heterocycles. The third kappa shape index (κ3) is 6.17. The highest BCUT2D eigenvalue weighted by Crippen LogP contribution is 2.63. The first kappa shape index (κ1) is 47.6. The molecule has 0 bridgehead atoms. The first-order valence-corrected chi connectivity index (χ1v) is 28.8. The molecule has 0 saturated carbocycles. The predicted molar refractivity (Wildman–Crippen MR) is 321 cm³/mol. The van der Waals surface area contributed by atoms with Gasteiger partial charge in [0.15, 0.2) is 0 Å². The summed E-state index contributed by atoms with van der Waals surface area (Å²) in [5, 5.41) is 0. The predicted octanol–water partition coefficient (Wildman–Crippen LogP) is 18.1. The number of benzene rings is 7. The zero-order valence-electron chi connectivity index (χ0n) is 48.2. The Kier molecular flexibility index (Phi) is 9.28. The van der Waals surface area contributed by atoms with Gasteiger partial charge in [0.25, 0.3) is 0 Å². The summed E-state index contributed by atoms with van der Waals surface area (Å²) in [7, 11) is 0. The molecule has 2 aliphatic heterocycles. The normalized spacial score (nSPS) is 21.8. The van der Waals surface area contributed by atoms with Crippen LogP contribution < -0.4 is 20.6 Å². The van der Waals surface area contributed by atoms with Gasteiger partial charge in [0.1, 0.15) is 0 Å². The van der Waals surface area contributed by atoms with Crippen molar-refractivity contribution >= 4 is 46.2 Å². The topological polar surface area (TPSA) is 6.48 Å². The zero-order valence-corrected chi connectivity index (χ0v) is 48.2. The Hall–Kier alpha value is -5.80. The van der Waals surface area contributed by atoms with E-state index >= 15 is 0 Å². The summed E-state index contributed by atoms with van der Waals surface area (Å²) in [6, 6.07) is 47.5. The lowest BCUT2D eigenvalue weighted by molar-refractivity contribution is 0.332. The van der Waals surface area contributed by atoms with Crippen molar-refractivity contribution in [2.45, 2.75) is 193 Å². The second-order valence-corrected chi connectivity index (χ2v) is 29.7. The second-order valence-electron chi connectivity index (χ2n) is 29.7. The van der Waals surface area contributed by atoms with Crippen LogP contribution in [0.1, 0.15) is 205 Å². The highest BCUT2D eigenvalue weighted by molar-refractivity contribution is 6.94. The van der Waals surface area contributed by atoms with Gasteiger partial charge in [0.2, 0.25) is 0 Å². The van der Waals surface area contributed by atoms with E-state index in [0.717, 1.165) is 6.42 Å². The van der Waals surface area contributed by atoms with Crippen LogP contribution in [-0.2, 0) is 43.3 Å². The van der Waals surface area contributed by atoms with Crippen LogP contribution in [0.5, 0.6) is 0 Å². The van der Waals surface area contributed by atoms with Gasteiger partial charge >= 0.3 is 6.85 Å². The molecule has 0 atom stereocenters. The maximum atomic E-state index is 2.92. The maximum Gasteiger partial charge on any atom is 0.333 e. The summed E-state index contributed by atoms with van der Waals surface area (Å²) < 4.78 is 0. The minimum Gasteiger partial charge on any atom is -0.376 e. The summed E-state index contributed by atoms with van der Waals surface area (Å²) in [4.78, 5) is 5.75. The van der Waals surface area contributed by atoms with E-state index < -0.39 is 0 Å². The number of hydrogen-bond donors (Lipinski definition) is 0. The third-order valence-electron chi connectivity index (χ3n) is 21.6. The second kappa shape index (κ2) is 14.6. The van der Waals surface area contributed by atoms with Crippen molar-refractivity contribution < 1.29 is 0 Å². The minimum absolute atomic E-state index is 0.0127. The molecule has 7 aliphatic rings. The molecule has 0 radical (unpaired) electrons. The number of hydrogen-bond acceptors (Lipinski definition) is 2. The van der Waals surface area contributed by atoms with Crippen LogP contribution in [0.25, 0.3) is 33.4 Å². The van der Waals surface area contributed by atoms with Gasteiger partial charge in [-0.05, 0) is 196 Å². The Bertz CT molecular complexity index is 3700. The van der Waals surface area contributed by atoms with E-state index in [9.17, 15) is 0 Å². The quantitative estimate of drug-likeness (QED) is 0.159. The molecule has 5 aliphatic carbocycles. The van der Waals surface area contributed by atoms with E-state index in [1.807, 2.05) is 0 Å². The molecule has 14 rings (SSSR count). The van der Waals surface area contributed by atoms with Crippen LogP contribution in [-0.4, -0.2) is 6.85 Å². The number of nitrogens with zero attached hydrogens (tertiary/aromatic N) is 2. The van der Waals surface area contributed by atoms with E-state index in [4.69, 9.17) is 0 Å². The van der Waals surface area contributed by atoms with Gasteiger partial charge in [0, 0.05) is 50.4 Å². The summed E-state index contributed by atoms with van der Waals surface area (Å²) in [5.74, 6) is 0. The van der Waals surface area contributed by atoms with E-state index in [1.165, 1.54) is 160 Å². The van der Waals surface area contributed by atoms with Gasteiger partial charge < -0.3 is 9.71 Å². The summed E-state index contributed by atoms with van der Waals surface area (Å²) in [5.41, 5.74) is 32.5. The van der Waals surface area contributed by atoms with E-state index in [2.05, 4.69) is 236 Å². The van der Waals surface area contributed by atoms with E-state index in [-0.39, 0.29) is 50.2 Å². The smallest absolute Gasteiger partial charge is 0.333 e. The van der Waals surface area contributed by atoms with E-state index in [1.54, 1.807) is 0 Å². The average molecular weight is 983 g/mol. The van der Waals surface area contributed by atoms with Crippen LogP contribution in [0.3, 0.4) is 0 Å². The van der Waals surface area contributed by atoms with Crippen molar-refractivity contribution in [1.29, 1.82) is 0 Å². The molecular weight excluding hydrogens is 904 g/mol. The summed E-state index contributed by atoms with van der Waals surface area (Å²) in [6.07, 6.45) is 7.07. The molecule has 380 valence electrons. The molecule has 0 amide bonds. The number of rotatable bonds is 2. The highest BCUT2D eigenvalue weighted by atomic mass is 15.2. The van der Waals surface area contributed by atoms with Crippen molar-refractivity contribution in [1.82, 2.24) is 0 Å². The molecule has 0 spiro atoms. The van der Waals surface area contributed by atoms with Crippen molar-refractivity contribution in [3.8, 4) is 33.4 Å². The Morgan fingerprint density at radius 1 is 0.347 bits per heavy atom. The summed E-state index contributed by atoms with van der Waals surface area (Å²) in [6.45, 7) is 39.9. The lowest BCUT2D eigenvalue weighted by Crippen LogP contribution is -2.62. The fourth-order valence-electron chi connectivity index (χ4n) is 16.6. The Labute approximate surface area is 450 Å². The Morgan fingerprint density at radius 2 is 0.813 bits per heavy atom. The van der Waals surface area contributed by atoms with Gasteiger partial charge in [0.05, 0.1) is 0 Å². The van der Waals surface area contributed by atoms with E-state index in [0.29, 0.717) is 0 Å². The third-order valence-corrected chi connectivity index (χ3v) is 21.6. The van der Waals surface area contributed by atoms with Crippen molar-refractivity contribution in [3.63, 3.8) is 0 Å². The maximum absolute atomic E-state index is 2.92. The Morgan fingerprint density at radius 3 is 1.40 bits per heavy atom. The van der Waals surface area contributed by atoms with Crippen LogP contribution in [0.4, 0.5) is 28.4 Å². The van der Waals surface area contributed by atoms with Gasteiger partial charge in [-0.25, -0.2) is 0 Å². The largest absolute Gasteiger partial charge is 0.376 e. The van der Waals surface area contributed by atoms with Crippen molar-refractivity contribution in [2.24, 2.45) is 0 Å². The molecule has 0 unspecified atom stereocenters. The van der Waals surface area contributed by atoms with Crippen LogP contribution >= 0.6 is 0 Å². The molecule has 0 aromatic heterocycles. The molecule has 7 aromatic rings. The lowest BCUT2D eigenvalue weighted by Gasteiger charge is -2.50. The SMILES string of the molecule is CC1(C)CCC(C)(C)c2cc(N3B4c5cc6c(cc5N(c5ccc7c(c5)C(C)(C)CCC7(C)C)c5c4c(cc4c5C(C)(C)c5ccccc5-4)-c4ccc5c(c43)-c3ccccc3C5(C)C)C(C)(C)CCC6(C)C)ccc21. The van der Waals surface area contributed by atoms with Crippen LogP contribution in [0, 0.1) is 0 Å². The minimum atomic E-state index is -0.269. The number of anilines is 5. The molecule has 7 aromatic carbocycles. The fraction of sp³-hybridized carbons (Fsp3) is 0.417. The standard InChI is InChI=1S/C72H79BN2/c1-65(2)31-33-67(5,6)54-37-42(25-28-51(54)65)74-59-41-57-56(69(9,10)35-36-70(57,11)12)40-58(59)73-62-48(39-47-44-21-17-19-23-49(44)72(15,16)61(47)64(62)74)45-27-30-53-60(46-22-18-20-24-50(46)71(53,13)14)63(45)75(73)43-26-29-52-55(38-43)68(7,8)34-32-66(52,3)4/h17-30,37-41H,31-36H2,1-16H3. The van der Waals surface area contributed by atoms with Crippen LogP contribution in [0.2, 0.25) is 0 Å². The molecule has 0 saturated heterocycles. The zero-order chi connectivity index (χ0) is 52.7. The molecule has 2 nitrogen and oxygen atoms in total. The highest BCUT2D eigenvalue weighted by Gasteiger charge is 2.54. The molecular formula is C72H79BN2. The lowest BCUT2D eigenvalue weighted by atomic mass is 9.42. The first-order chi connectivity index (χ1) is 35.2.